The zero-order chi connectivity index (χ0) is 19.7. The van der Waals surface area contributed by atoms with Crippen molar-refractivity contribution in [2.75, 3.05) is 19.6 Å². The highest BCUT2D eigenvalue weighted by atomic mass is 19.1. The van der Waals surface area contributed by atoms with Crippen molar-refractivity contribution in [3.63, 3.8) is 0 Å². The van der Waals surface area contributed by atoms with E-state index in [0.29, 0.717) is 29.1 Å². The summed E-state index contributed by atoms with van der Waals surface area (Å²) in [5.41, 5.74) is 1.27. The van der Waals surface area contributed by atoms with Crippen molar-refractivity contribution >= 4 is 22.5 Å². The van der Waals surface area contributed by atoms with Crippen LogP contribution in [0.2, 0.25) is 0 Å². The minimum absolute atomic E-state index is 0.129. The van der Waals surface area contributed by atoms with Crippen molar-refractivity contribution in [3.05, 3.63) is 52.7 Å². The summed E-state index contributed by atoms with van der Waals surface area (Å²) in [5.74, 6) is -0.681. The molecule has 28 heavy (non-hydrogen) atoms. The lowest BCUT2D eigenvalue weighted by Gasteiger charge is -2.33. The van der Waals surface area contributed by atoms with Crippen LogP contribution < -0.4 is 10.9 Å². The molecule has 0 bridgehead atoms. The van der Waals surface area contributed by atoms with Crippen LogP contribution in [0.15, 0.2) is 41.3 Å². The number of amides is 1. The van der Waals surface area contributed by atoms with Gasteiger partial charge in [0.05, 0.1) is 11.0 Å². The largest absolute Gasteiger partial charge is 0.353 e. The van der Waals surface area contributed by atoms with Gasteiger partial charge >= 0.3 is 0 Å². The Morgan fingerprint density at radius 1 is 1.21 bits per heavy atom. The number of fused-ring (bicyclic) bond motifs is 3. The molecule has 1 N–H and O–H groups in total. The van der Waals surface area contributed by atoms with Crippen LogP contribution in [-0.2, 0) is 11.3 Å². The molecule has 1 saturated heterocycles. The summed E-state index contributed by atoms with van der Waals surface area (Å²) in [5, 5.41) is 2.91. The third-order valence-electron chi connectivity index (χ3n) is 5.66. The third-order valence-corrected chi connectivity index (χ3v) is 5.66. The van der Waals surface area contributed by atoms with E-state index in [-0.39, 0.29) is 18.0 Å². The first-order valence-electron chi connectivity index (χ1n) is 9.84. The number of hydrogen-bond acceptors (Lipinski definition) is 3. The highest BCUT2D eigenvalue weighted by Crippen LogP contribution is 2.17. The number of carbonyl (C=O) groups is 1. The Morgan fingerprint density at radius 3 is 2.89 bits per heavy atom. The highest BCUT2D eigenvalue weighted by molar-refractivity contribution is 5.82. The summed E-state index contributed by atoms with van der Waals surface area (Å²) in [4.78, 5) is 27.7. The zero-order valence-corrected chi connectivity index (χ0v) is 16.0. The minimum atomic E-state index is -0.438. The number of nitrogens with one attached hydrogen (secondary N) is 1. The number of aromatic nitrogens is 2. The number of likely N-dealkylation sites (tertiary alicyclic amines) is 1. The fraction of sp³-hybridized carbons (Fsp3) is 0.429. The van der Waals surface area contributed by atoms with Crippen LogP contribution in [0.1, 0.15) is 26.2 Å². The first-order valence-corrected chi connectivity index (χ1v) is 9.84. The second-order valence-corrected chi connectivity index (χ2v) is 7.52. The molecule has 4 rings (SSSR count). The molecule has 0 radical (unpaired) electrons. The van der Waals surface area contributed by atoms with Crippen LogP contribution in [0.25, 0.3) is 16.6 Å². The molecule has 3 heterocycles. The molecule has 1 unspecified atom stereocenters. The van der Waals surface area contributed by atoms with Crippen LogP contribution in [0.4, 0.5) is 4.39 Å². The fourth-order valence-corrected chi connectivity index (χ4v) is 4.11. The predicted molar refractivity (Wildman–Crippen MR) is 107 cm³/mol. The molecule has 1 amide bonds. The number of piperidine rings is 1. The molecule has 0 aliphatic carbocycles. The second kappa shape index (κ2) is 7.75. The van der Waals surface area contributed by atoms with Gasteiger partial charge in [-0.05, 0) is 56.6 Å². The van der Waals surface area contributed by atoms with Gasteiger partial charge in [0.25, 0.3) is 5.56 Å². The number of hydrogen-bond donors (Lipinski definition) is 1. The number of nitrogens with zero attached hydrogens (tertiary/aromatic N) is 3. The fourth-order valence-electron chi connectivity index (χ4n) is 4.11. The van der Waals surface area contributed by atoms with Gasteiger partial charge < -0.3 is 9.72 Å². The zero-order valence-electron chi connectivity index (χ0n) is 16.0. The maximum absolute atomic E-state index is 13.8. The summed E-state index contributed by atoms with van der Waals surface area (Å²) in [6, 6.07) is 8.30. The van der Waals surface area contributed by atoms with Gasteiger partial charge in [0.2, 0.25) is 5.91 Å². The quantitative estimate of drug-likeness (QED) is 0.735. The van der Waals surface area contributed by atoms with Crippen molar-refractivity contribution < 1.29 is 9.18 Å². The molecule has 6 nitrogen and oxygen atoms in total. The molecule has 1 aliphatic rings. The van der Waals surface area contributed by atoms with Crippen molar-refractivity contribution in [1.29, 1.82) is 0 Å². The Bertz CT molecular complexity index is 1070. The number of rotatable bonds is 5. The van der Waals surface area contributed by atoms with Gasteiger partial charge in [0.15, 0.2) is 0 Å². The molecule has 1 aromatic carbocycles. The monoisotopic (exact) mass is 384 g/mol. The Labute approximate surface area is 162 Å². The molecule has 7 heteroatoms. The van der Waals surface area contributed by atoms with E-state index in [1.807, 2.05) is 0 Å². The van der Waals surface area contributed by atoms with Crippen molar-refractivity contribution in [2.45, 2.75) is 38.8 Å². The maximum atomic E-state index is 13.8. The van der Waals surface area contributed by atoms with Crippen LogP contribution in [0.3, 0.4) is 0 Å². The molecule has 148 valence electrons. The van der Waals surface area contributed by atoms with Crippen LogP contribution in [0, 0.1) is 5.82 Å². The molecule has 0 spiro atoms. The summed E-state index contributed by atoms with van der Waals surface area (Å²) < 4.78 is 16.9. The second-order valence-electron chi connectivity index (χ2n) is 7.52. The van der Waals surface area contributed by atoms with Gasteiger partial charge in [0, 0.05) is 25.3 Å². The van der Waals surface area contributed by atoms with Crippen LogP contribution >= 0.6 is 0 Å². The lowest BCUT2D eigenvalue weighted by atomic mass is 10.0. The average molecular weight is 384 g/mol. The first-order chi connectivity index (χ1) is 13.5. The van der Waals surface area contributed by atoms with Crippen LogP contribution in [0.5, 0.6) is 0 Å². The molecule has 2 aromatic heterocycles. The molecular formula is C21H25FN4O2. The molecular weight excluding hydrogens is 359 g/mol. The molecule has 1 aliphatic heterocycles. The Balaban J connectivity index is 1.53. The van der Waals surface area contributed by atoms with E-state index >= 15 is 0 Å². The highest BCUT2D eigenvalue weighted by Gasteiger charge is 2.18. The first kappa shape index (κ1) is 18.7. The van der Waals surface area contributed by atoms with E-state index in [9.17, 15) is 14.0 Å². The van der Waals surface area contributed by atoms with Crippen molar-refractivity contribution in [3.8, 4) is 0 Å². The lowest BCUT2D eigenvalue weighted by Crippen LogP contribution is -2.43. The van der Waals surface area contributed by atoms with E-state index in [4.69, 9.17) is 0 Å². The third kappa shape index (κ3) is 3.54. The normalized spacial score (nSPS) is 18.0. The Hall–Kier alpha value is -2.67. The Morgan fingerprint density at radius 2 is 2.07 bits per heavy atom. The van der Waals surface area contributed by atoms with Gasteiger partial charge in [0.1, 0.15) is 17.9 Å². The van der Waals surface area contributed by atoms with Crippen molar-refractivity contribution in [2.24, 2.45) is 0 Å². The van der Waals surface area contributed by atoms with Crippen molar-refractivity contribution in [1.82, 2.24) is 19.2 Å². The number of halogens is 1. The summed E-state index contributed by atoms with van der Waals surface area (Å²) >= 11 is 0. The van der Waals surface area contributed by atoms with Gasteiger partial charge in [-0.3, -0.25) is 19.1 Å². The summed E-state index contributed by atoms with van der Waals surface area (Å²) in [6.07, 6.45) is 5.42. The topological polar surface area (TPSA) is 58.8 Å². The van der Waals surface area contributed by atoms with Gasteiger partial charge in [-0.1, -0.05) is 6.42 Å². The summed E-state index contributed by atoms with van der Waals surface area (Å²) in [7, 11) is 0. The van der Waals surface area contributed by atoms with E-state index in [1.54, 1.807) is 28.8 Å². The van der Waals surface area contributed by atoms with E-state index in [2.05, 4.69) is 17.1 Å². The standard InChI is InChI=1S/C21H25FN4O2/c1-15-5-2-3-10-24(15)12-9-23-20(27)14-26-19-13-16(22)7-8-17(19)25-11-4-6-18(25)21(26)28/h4,6-8,11,13,15H,2-3,5,9-10,12,14H2,1H3,(H,23,27). The van der Waals surface area contributed by atoms with E-state index < -0.39 is 5.82 Å². The van der Waals surface area contributed by atoms with Gasteiger partial charge in [-0.25, -0.2) is 4.39 Å². The number of benzene rings is 1. The van der Waals surface area contributed by atoms with Gasteiger partial charge in [-0.15, -0.1) is 0 Å². The molecule has 3 aromatic rings. The predicted octanol–water partition coefficient (Wildman–Crippen LogP) is 2.38. The lowest BCUT2D eigenvalue weighted by molar-refractivity contribution is -0.121. The number of carbonyl (C=O) groups excluding carboxylic acids is 1. The minimum Gasteiger partial charge on any atom is -0.353 e. The Kier molecular flexibility index (Phi) is 5.17. The maximum Gasteiger partial charge on any atom is 0.275 e. The molecule has 1 fully saturated rings. The van der Waals surface area contributed by atoms with E-state index in [1.165, 1.54) is 36.0 Å². The SMILES string of the molecule is CC1CCCCN1CCNC(=O)Cn1c(=O)c2cccn2c2ccc(F)cc21. The van der Waals surface area contributed by atoms with Crippen LogP contribution in [-0.4, -0.2) is 45.5 Å². The van der Waals surface area contributed by atoms with Gasteiger partial charge in [-0.2, -0.15) is 0 Å². The summed E-state index contributed by atoms with van der Waals surface area (Å²) in [6.45, 7) is 4.49. The molecule has 1 atom stereocenters. The van der Waals surface area contributed by atoms with E-state index in [0.717, 1.165) is 13.1 Å². The smallest absolute Gasteiger partial charge is 0.275 e. The average Bonchev–Trinajstić information content (AvgIpc) is 3.17. The molecule has 0 saturated carbocycles.